The van der Waals surface area contributed by atoms with Crippen LogP contribution in [0.3, 0.4) is 0 Å². The van der Waals surface area contributed by atoms with Gasteiger partial charge < -0.3 is 10.1 Å². The van der Waals surface area contributed by atoms with Gasteiger partial charge in [-0.1, -0.05) is 30.3 Å². The maximum absolute atomic E-state index is 13.6. The van der Waals surface area contributed by atoms with E-state index in [2.05, 4.69) is 20.4 Å². The predicted octanol–water partition coefficient (Wildman–Crippen LogP) is 3.68. The molecule has 0 fully saturated rings. The number of benzene rings is 2. The summed E-state index contributed by atoms with van der Waals surface area (Å²) in [6.07, 6.45) is 1.44. The fourth-order valence-electron chi connectivity index (χ4n) is 2.54. The Morgan fingerprint density at radius 3 is 2.72 bits per heavy atom. The highest BCUT2D eigenvalue weighted by Crippen LogP contribution is 2.26. The van der Waals surface area contributed by atoms with Gasteiger partial charge in [-0.2, -0.15) is 14.6 Å². The second kappa shape index (κ2) is 6.20. The lowest BCUT2D eigenvalue weighted by molar-refractivity contribution is 0.387. The van der Waals surface area contributed by atoms with Crippen molar-refractivity contribution in [2.75, 3.05) is 12.4 Å². The summed E-state index contributed by atoms with van der Waals surface area (Å²) in [4.78, 5) is 8.69. The van der Waals surface area contributed by atoms with Gasteiger partial charge in [-0.25, -0.2) is 9.37 Å². The summed E-state index contributed by atoms with van der Waals surface area (Å²) in [5.74, 6) is 0.878. The SMILES string of the molecule is COc1cc(Nc2cc(-c3ccccc3)nc3ncnn23)ccc1F. The zero-order chi connectivity index (χ0) is 17.2. The first-order valence-corrected chi connectivity index (χ1v) is 7.61. The van der Waals surface area contributed by atoms with Crippen LogP contribution in [0, 0.1) is 5.82 Å². The van der Waals surface area contributed by atoms with Crippen molar-refractivity contribution in [3.8, 4) is 17.0 Å². The minimum absolute atomic E-state index is 0.164. The lowest BCUT2D eigenvalue weighted by Crippen LogP contribution is -2.03. The third kappa shape index (κ3) is 2.87. The monoisotopic (exact) mass is 335 g/mol. The van der Waals surface area contributed by atoms with Crippen LogP contribution in [0.5, 0.6) is 5.75 Å². The molecule has 7 heteroatoms. The van der Waals surface area contributed by atoms with Crippen molar-refractivity contribution in [1.29, 1.82) is 0 Å². The van der Waals surface area contributed by atoms with E-state index in [1.807, 2.05) is 36.4 Å². The summed E-state index contributed by atoms with van der Waals surface area (Å²) >= 11 is 0. The van der Waals surface area contributed by atoms with E-state index in [1.54, 1.807) is 16.6 Å². The molecule has 25 heavy (non-hydrogen) atoms. The number of methoxy groups -OCH3 is 1. The summed E-state index contributed by atoms with van der Waals surface area (Å²) in [7, 11) is 1.43. The van der Waals surface area contributed by atoms with Crippen molar-refractivity contribution >= 4 is 17.3 Å². The smallest absolute Gasteiger partial charge is 0.254 e. The van der Waals surface area contributed by atoms with Gasteiger partial charge in [-0.05, 0) is 12.1 Å². The third-order valence-corrected chi connectivity index (χ3v) is 3.74. The Kier molecular flexibility index (Phi) is 3.74. The maximum atomic E-state index is 13.6. The normalized spacial score (nSPS) is 10.8. The van der Waals surface area contributed by atoms with Gasteiger partial charge >= 0.3 is 0 Å². The molecular weight excluding hydrogens is 321 g/mol. The predicted molar refractivity (Wildman–Crippen MR) is 92.5 cm³/mol. The summed E-state index contributed by atoms with van der Waals surface area (Å²) in [6, 6.07) is 16.2. The topological polar surface area (TPSA) is 64.3 Å². The Labute approximate surface area is 142 Å². The molecule has 0 aliphatic carbocycles. The zero-order valence-corrected chi connectivity index (χ0v) is 13.3. The minimum Gasteiger partial charge on any atom is -0.494 e. The molecular formula is C18H14FN5O. The molecule has 4 rings (SSSR count). The van der Waals surface area contributed by atoms with Gasteiger partial charge in [0.1, 0.15) is 12.1 Å². The highest BCUT2D eigenvalue weighted by Gasteiger charge is 2.11. The van der Waals surface area contributed by atoms with E-state index in [9.17, 15) is 4.39 Å². The molecule has 2 aromatic heterocycles. The molecule has 6 nitrogen and oxygen atoms in total. The second-order valence-corrected chi connectivity index (χ2v) is 5.34. The fraction of sp³-hybridized carbons (Fsp3) is 0.0556. The third-order valence-electron chi connectivity index (χ3n) is 3.74. The van der Waals surface area contributed by atoms with Crippen LogP contribution in [0.25, 0.3) is 17.0 Å². The molecule has 4 aromatic rings. The number of rotatable bonds is 4. The van der Waals surface area contributed by atoms with E-state index in [1.165, 1.54) is 19.5 Å². The summed E-state index contributed by atoms with van der Waals surface area (Å²) in [5, 5.41) is 7.40. The molecule has 0 bridgehead atoms. The van der Waals surface area contributed by atoms with E-state index < -0.39 is 5.82 Å². The molecule has 0 saturated heterocycles. The summed E-state index contributed by atoms with van der Waals surface area (Å²) in [5.41, 5.74) is 2.39. The Hall–Kier alpha value is -3.48. The van der Waals surface area contributed by atoms with Gasteiger partial charge in [0, 0.05) is 23.4 Å². The number of aromatic nitrogens is 4. The van der Waals surface area contributed by atoms with Crippen molar-refractivity contribution in [2.45, 2.75) is 0 Å². The first kappa shape index (κ1) is 15.1. The molecule has 0 aliphatic rings. The molecule has 124 valence electrons. The van der Waals surface area contributed by atoms with Gasteiger partial charge in [0.05, 0.1) is 12.8 Å². The number of nitrogens with zero attached hydrogens (tertiary/aromatic N) is 4. The van der Waals surface area contributed by atoms with Gasteiger partial charge in [-0.15, -0.1) is 0 Å². The standard InChI is InChI=1S/C18H14FN5O/c1-25-16-9-13(7-8-14(16)19)22-17-10-15(12-5-3-2-4-6-12)23-18-20-11-21-24(17)18/h2-11,22H,1H3. The van der Waals surface area contributed by atoms with E-state index in [0.717, 1.165) is 11.3 Å². The number of fused-ring (bicyclic) bond motifs is 1. The molecule has 0 atom stereocenters. The number of anilines is 2. The van der Waals surface area contributed by atoms with Crippen LogP contribution in [0.15, 0.2) is 60.9 Å². The molecule has 0 amide bonds. The van der Waals surface area contributed by atoms with Gasteiger partial charge in [-0.3, -0.25) is 0 Å². The maximum Gasteiger partial charge on any atom is 0.254 e. The largest absolute Gasteiger partial charge is 0.494 e. The average molecular weight is 335 g/mol. The van der Waals surface area contributed by atoms with Crippen LogP contribution in [0.2, 0.25) is 0 Å². The molecule has 2 aromatic carbocycles. The number of hydrogen-bond donors (Lipinski definition) is 1. The summed E-state index contributed by atoms with van der Waals surface area (Å²) in [6.45, 7) is 0. The Morgan fingerprint density at radius 2 is 1.92 bits per heavy atom. The van der Waals surface area contributed by atoms with E-state index >= 15 is 0 Å². The number of ether oxygens (including phenoxy) is 1. The van der Waals surface area contributed by atoms with Crippen LogP contribution in [-0.2, 0) is 0 Å². The molecule has 0 spiro atoms. The van der Waals surface area contributed by atoms with Crippen molar-refractivity contribution in [3.63, 3.8) is 0 Å². The van der Waals surface area contributed by atoms with Crippen LogP contribution in [0.1, 0.15) is 0 Å². The van der Waals surface area contributed by atoms with Crippen LogP contribution >= 0.6 is 0 Å². The van der Waals surface area contributed by atoms with Gasteiger partial charge in [0.15, 0.2) is 11.6 Å². The molecule has 0 aliphatic heterocycles. The quantitative estimate of drug-likeness (QED) is 0.616. The average Bonchev–Trinajstić information content (AvgIpc) is 3.13. The minimum atomic E-state index is -0.418. The summed E-state index contributed by atoms with van der Waals surface area (Å²) < 4.78 is 20.2. The van der Waals surface area contributed by atoms with E-state index in [0.29, 0.717) is 17.3 Å². The zero-order valence-electron chi connectivity index (χ0n) is 13.3. The fourth-order valence-corrected chi connectivity index (χ4v) is 2.54. The number of halogens is 1. The van der Waals surface area contributed by atoms with Gasteiger partial charge in [0.2, 0.25) is 0 Å². The molecule has 1 N–H and O–H groups in total. The first-order chi connectivity index (χ1) is 12.2. The van der Waals surface area contributed by atoms with Gasteiger partial charge in [0.25, 0.3) is 5.78 Å². The number of nitrogens with one attached hydrogen (secondary N) is 1. The Balaban J connectivity index is 1.80. The number of hydrogen-bond acceptors (Lipinski definition) is 5. The van der Waals surface area contributed by atoms with Crippen molar-refractivity contribution in [1.82, 2.24) is 19.6 Å². The molecule has 0 radical (unpaired) electrons. The van der Waals surface area contributed by atoms with Crippen LogP contribution in [0.4, 0.5) is 15.9 Å². The molecule has 0 unspecified atom stereocenters. The van der Waals surface area contributed by atoms with E-state index in [-0.39, 0.29) is 5.75 Å². The van der Waals surface area contributed by atoms with Crippen LogP contribution < -0.4 is 10.1 Å². The van der Waals surface area contributed by atoms with Crippen LogP contribution in [-0.4, -0.2) is 26.7 Å². The van der Waals surface area contributed by atoms with E-state index in [4.69, 9.17) is 4.74 Å². The Morgan fingerprint density at radius 1 is 1.08 bits per heavy atom. The molecule has 2 heterocycles. The Bertz CT molecular complexity index is 1030. The first-order valence-electron chi connectivity index (χ1n) is 7.61. The second-order valence-electron chi connectivity index (χ2n) is 5.34. The van der Waals surface area contributed by atoms with Crippen molar-refractivity contribution in [2.24, 2.45) is 0 Å². The van der Waals surface area contributed by atoms with Crippen molar-refractivity contribution in [3.05, 3.63) is 66.7 Å². The highest BCUT2D eigenvalue weighted by molar-refractivity contribution is 5.68. The lowest BCUT2D eigenvalue weighted by Gasteiger charge is -2.11. The van der Waals surface area contributed by atoms with Crippen molar-refractivity contribution < 1.29 is 9.13 Å². The lowest BCUT2D eigenvalue weighted by atomic mass is 10.1. The molecule has 0 saturated carbocycles. The highest BCUT2D eigenvalue weighted by atomic mass is 19.1.